The van der Waals surface area contributed by atoms with Crippen LogP contribution in [-0.2, 0) is 9.53 Å². The van der Waals surface area contributed by atoms with Gasteiger partial charge >= 0.3 is 5.97 Å². The van der Waals surface area contributed by atoms with E-state index in [0.717, 1.165) is 18.8 Å². The molecular weight excluding hydrogens is 248 g/mol. The van der Waals surface area contributed by atoms with Gasteiger partial charge in [-0.3, -0.25) is 4.79 Å². The van der Waals surface area contributed by atoms with Crippen molar-refractivity contribution >= 4 is 5.97 Å². The highest BCUT2D eigenvalue weighted by Crippen LogP contribution is 2.61. The highest BCUT2D eigenvalue weighted by atomic mass is 16.5. The molecule has 0 aromatic carbocycles. The highest BCUT2D eigenvalue weighted by molar-refractivity contribution is 5.65. The minimum Gasteiger partial charge on any atom is -0.466 e. The number of esters is 1. The number of carbonyl (C=O) groups is 1. The van der Waals surface area contributed by atoms with Gasteiger partial charge in [-0.25, -0.2) is 0 Å². The van der Waals surface area contributed by atoms with E-state index in [9.17, 15) is 4.79 Å². The van der Waals surface area contributed by atoms with E-state index in [1.54, 1.807) is 0 Å². The number of ether oxygens (including phenoxy) is 1. The molecule has 2 heteroatoms. The summed E-state index contributed by atoms with van der Waals surface area (Å²) < 4.78 is 5.19. The fourth-order valence-electron chi connectivity index (χ4n) is 5.13. The van der Waals surface area contributed by atoms with E-state index in [-0.39, 0.29) is 5.97 Å². The molecule has 20 heavy (non-hydrogen) atoms. The molecular formula is C18H30O2. The monoisotopic (exact) mass is 278 g/mol. The van der Waals surface area contributed by atoms with Gasteiger partial charge in [0.25, 0.3) is 0 Å². The number of carbonyl (C=O) groups excluding carboxylic acids is 1. The van der Waals surface area contributed by atoms with Crippen LogP contribution in [0.3, 0.4) is 0 Å². The van der Waals surface area contributed by atoms with Gasteiger partial charge in [-0.1, -0.05) is 39.3 Å². The maximum atomic E-state index is 11.0. The highest BCUT2D eigenvalue weighted by Gasteiger charge is 2.52. The lowest BCUT2D eigenvalue weighted by molar-refractivity contribution is -0.142. The Labute approximate surface area is 124 Å². The Balaban J connectivity index is 2.15. The first-order valence-electron chi connectivity index (χ1n) is 8.08. The molecule has 3 atom stereocenters. The molecule has 2 aliphatic carbocycles. The molecule has 2 fully saturated rings. The zero-order valence-electron chi connectivity index (χ0n) is 13.6. The molecule has 0 heterocycles. The van der Waals surface area contributed by atoms with Crippen LogP contribution >= 0.6 is 0 Å². The van der Waals surface area contributed by atoms with Crippen LogP contribution in [-0.4, -0.2) is 12.6 Å². The Morgan fingerprint density at radius 3 is 2.70 bits per heavy atom. The van der Waals surface area contributed by atoms with Crippen molar-refractivity contribution in [3.63, 3.8) is 0 Å². The fraction of sp³-hybridized carbons (Fsp3) is 0.833. The molecule has 0 bridgehead atoms. The van der Waals surface area contributed by atoms with Crippen molar-refractivity contribution in [2.75, 3.05) is 6.61 Å². The topological polar surface area (TPSA) is 26.3 Å². The predicted octanol–water partition coefficient (Wildman–Crippen LogP) is 4.74. The van der Waals surface area contributed by atoms with Gasteiger partial charge in [0.1, 0.15) is 0 Å². The van der Waals surface area contributed by atoms with Gasteiger partial charge in [-0.15, -0.1) is 0 Å². The van der Waals surface area contributed by atoms with Crippen LogP contribution in [0.15, 0.2) is 12.2 Å². The number of fused-ring (bicyclic) bond motifs is 1. The van der Waals surface area contributed by atoms with Crippen molar-refractivity contribution < 1.29 is 9.53 Å². The first-order chi connectivity index (χ1) is 9.27. The third kappa shape index (κ3) is 2.80. The molecule has 2 rings (SSSR count). The molecule has 0 radical (unpaired) electrons. The predicted molar refractivity (Wildman–Crippen MR) is 82.3 cm³/mol. The van der Waals surface area contributed by atoms with Crippen molar-refractivity contribution in [1.82, 2.24) is 0 Å². The van der Waals surface area contributed by atoms with E-state index >= 15 is 0 Å². The van der Waals surface area contributed by atoms with Crippen LogP contribution in [0.25, 0.3) is 0 Å². The second-order valence-corrected chi connectivity index (χ2v) is 7.78. The molecule has 0 aromatic rings. The molecule has 0 saturated heterocycles. The summed E-state index contributed by atoms with van der Waals surface area (Å²) in [5.41, 5.74) is 2.17. The summed E-state index contributed by atoms with van der Waals surface area (Å²) in [6, 6.07) is 0. The van der Waals surface area contributed by atoms with Gasteiger partial charge in [0, 0.05) is 6.92 Å². The molecule has 0 amide bonds. The summed E-state index contributed by atoms with van der Waals surface area (Å²) >= 11 is 0. The normalized spacial score (nSPS) is 36.3. The average Bonchev–Trinajstić information content (AvgIpc) is 2.31. The molecule has 2 saturated carbocycles. The van der Waals surface area contributed by atoms with E-state index < -0.39 is 0 Å². The average molecular weight is 278 g/mol. The number of hydrogen-bond donors (Lipinski definition) is 0. The fourth-order valence-corrected chi connectivity index (χ4v) is 5.13. The van der Waals surface area contributed by atoms with Gasteiger partial charge < -0.3 is 4.74 Å². The van der Waals surface area contributed by atoms with Crippen LogP contribution in [0, 0.1) is 22.7 Å². The van der Waals surface area contributed by atoms with E-state index in [2.05, 4.69) is 27.4 Å². The maximum absolute atomic E-state index is 11.0. The Morgan fingerprint density at radius 2 is 2.05 bits per heavy atom. The van der Waals surface area contributed by atoms with Gasteiger partial charge in [-0.2, -0.15) is 0 Å². The first kappa shape index (κ1) is 15.6. The molecule has 2 nitrogen and oxygen atoms in total. The zero-order valence-corrected chi connectivity index (χ0v) is 13.6. The Morgan fingerprint density at radius 1 is 1.35 bits per heavy atom. The SMILES string of the molecule is C=C1CCC2C(C)(C)CCC[C@]2(C)[C@H]1CCOC(C)=O. The van der Waals surface area contributed by atoms with Crippen molar-refractivity contribution in [1.29, 1.82) is 0 Å². The van der Waals surface area contributed by atoms with Crippen LogP contribution in [0.5, 0.6) is 0 Å². The summed E-state index contributed by atoms with van der Waals surface area (Å²) in [5, 5.41) is 0. The van der Waals surface area contributed by atoms with Crippen LogP contribution in [0.4, 0.5) is 0 Å². The van der Waals surface area contributed by atoms with Crippen LogP contribution in [0.1, 0.15) is 66.2 Å². The summed E-state index contributed by atoms with van der Waals surface area (Å²) in [4.78, 5) is 11.0. The lowest BCUT2D eigenvalue weighted by Gasteiger charge is -2.58. The standard InChI is InChI=1S/C18H30O2/c1-13-7-8-16-17(3,4)10-6-11-18(16,5)15(13)9-12-20-14(2)19/h15-16H,1,6-12H2,2-5H3/t15-,16?,18+/m0/s1. The Kier molecular flexibility index (Phi) is 4.32. The van der Waals surface area contributed by atoms with E-state index in [1.165, 1.54) is 38.2 Å². The number of allylic oxidation sites excluding steroid dienone is 1. The van der Waals surface area contributed by atoms with Gasteiger partial charge in [0.15, 0.2) is 0 Å². The summed E-state index contributed by atoms with van der Waals surface area (Å²) in [7, 11) is 0. The maximum Gasteiger partial charge on any atom is 0.302 e. The minimum absolute atomic E-state index is 0.169. The smallest absolute Gasteiger partial charge is 0.302 e. The van der Waals surface area contributed by atoms with Crippen molar-refractivity contribution in [3.8, 4) is 0 Å². The molecule has 1 unspecified atom stereocenters. The van der Waals surface area contributed by atoms with Crippen molar-refractivity contribution in [3.05, 3.63) is 12.2 Å². The van der Waals surface area contributed by atoms with Gasteiger partial charge in [0.05, 0.1) is 6.61 Å². The third-order valence-electron chi connectivity index (χ3n) is 6.03. The van der Waals surface area contributed by atoms with E-state index in [1.807, 2.05) is 0 Å². The molecule has 0 aliphatic heterocycles. The quantitative estimate of drug-likeness (QED) is 0.550. The number of hydrogen-bond acceptors (Lipinski definition) is 2. The molecule has 0 aromatic heterocycles. The lowest BCUT2D eigenvalue weighted by atomic mass is 9.47. The van der Waals surface area contributed by atoms with Gasteiger partial charge in [-0.05, 0) is 54.8 Å². The largest absolute Gasteiger partial charge is 0.466 e. The first-order valence-corrected chi connectivity index (χ1v) is 8.08. The summed E-state index contributed by atoms with van der Waals surface area (Å²) in [6.07, 6.45) is 7.33. The molecule has 0 N–H and O–H groups in total. The third-order valence-corrected chi connectivity index (χ3v) is 6.03. The van der Waals surface area contributed by atoms with Gasteiger partial charge in [0.2, 0.25) is 0 Å². The van der Waals surface area contributed by atoms with E-state index in [0.29, 0.717) is 23.4 Å². The van der Waals surface area contributed by atoms with E-state index in [4.69, 9.17) is 4.74 Å². The molecule has 0 spiro atoms. The summed E-state index contributed by atoms with van der Waals surface area (Å²) in [5.74, 6) is 1.12. The second-order valence-electron chi connectivity index (χ2n) is 7.78. The molecule has 114 valence electrons. The summed E-state index contributed by atoms with van der Waals surface area (Å²) in [6.45, 7) is 13.7. The number of rotatable bonds is 3. The lowest BCUT2D eigenvalue weighted by Crippen LogP contribution is -2.49. The minimum atomic E-state index is -0.169. The molecule has 2 aliphatic rings. The second kappa shape index (κ2) is 5.54. The Bertz CT molecular complexity index is 396. The zero-order chi connectivity index (χ0) is 15.0. The van der Waals surface area contributed by atoms with Crippen molar-refractivity contribution in [2.24, 2.45) is 22.7 Å². The van der Waals surface area contributed by atoms with Crippen LogP contribution in [0.2, 0.25) is 0 Å². The van der Waals surface area contributed by atoms with Crippen LogP contribution < -0.4 is 0 Å². The Hall–Kier alpha value is -0.790. The van der Waals surface area contributed by atoms with Crippen molar-refractivity contribution in [2.45, 2.75) is 66.2 Å².